The van der Waals surface area contributed by atoms with Crippen molar-refractivity contribution in [1.82, 2.24) is 14.9 Å². The minimum absolute atomic E-state index is 0.0301. The summed E-state index contributed by atoms with van der Waals surface area (Å²) in [7, 11) is 0. The number of pyridine rings is 1. The van der Waals surface area contributed by atoms with Gasteiger partial charge in [0.05, 0.1) is 5.52 Å². The molecule has 0 radical (unpaired) electrons. The Kier molecular flexibility index (Phi) is 2.69. The van der Waals surface area contributed by atoms with Gasteiger partial charge in [0, 0.05) is 28.4 Å². The summed E-state index contributed by atoms with van der Waals surface area (Å²) < 4.78 is 2.02. The van der Waals surface area contributed by atoms with Gasteiger partial charge < -0.3 is 15.6 Å². The highest BCUT2D eigenvalue weighted by Crippen LogP contribution is 2.34. The zero-order valence-corrected chi connectivity index (χ0v) is 12.0. The fraction of sp³-hybridized carbons (Fsp3) is 0.176. The van der Waals surface area contributed by atoms with E-state index in [0.717, 1.165) is 40.5 Å². The first-order valence-corrected chi connectivity index (χ1v) is 7.28. The van der Waals surface area contributed by atoms with Crippen LogP contribution in [-0.2, 0) is 4.79 Å². The summed E-state index contributed by atoms with van der Waals surface area (Å²) in [5, 5.41) is 4.90. The van der Waals surface area contributed by atoms with Crippen molar-refractivity contribution >= 4 is 33.5 Å². The molecule has 2 aromatic heterocycles. The third kappa shape index (κ3) is 1.79. The molecule has 22 heavy (non-hydrogen) atoms. The average molecular weight is 292 g/mol. The Balaban J connectivity index is 2.03. The molecule has 1 fully saturated rings. The highest BCUT2D eigenvalue weighted by atomic mass is 16.2. The van der Waals surface area contributed by atoms with E-state index < -0.39 is 0 Å². The molecule has 0 spiro atoms. The molecule has 0 bridgehead atoms. The lowest BCUT2D eigenvalue weighted by atomic mass is 10.0. The molecule has 3 heterocycles. The van der Waals surface area contributed by atoms with Gasteiger partial charge in [-0.2, -0.15) is 0 Å². The number of hydrogen-bond acceptors (Lipinski definition) is 3. The van der Waals surface area contributed by atoms with Crippen molar-refractivity contribution in [2.75, 3.05) is 5.73 Å². The quantitative estimate of drug-likeness (QED) is 0.677. The summed E-state index contributed by atoms with van der Waals surface area (Å²) >= 11 is 0. The molecule has 3 N–H and O–H groups in total. The van der Waals surface area contributed by atoms with Crippen LogP contribution in [0.25, 0.3) is 21.9 Å². The Bertz CT molecular complexity index is 925. The molecule has 0 aliphatic carbocycles. The number of fused-ring (bicyclic) bond motifs is 3. The maximum absolute atomic E-state index is 12.4. The number of nitrogens with zero attached hydrogens (tertiary/aromatic N) is 2. The Morgan fingerprint density at radius 1 is 1.32 bits per heavy atom. The summed E-state index contributed by atoms with van der Waals surface area (Å²) in [5.41, 5.74) is 9.21. The number of benzene rings is 1. The van der Waals surface area contributed by atoms with Crippen molar-refractivity contribution in [3.8, 4) is 0 Å². The topological polar surface area (TPSA) is 72.9 Å². The summed E-state index contributed by atoms with van der Waals surface area (Å²) in [6.07, 6.45) is 3.25. The normalized spacial score (nSPS) is 18.8. The Morgan fingerprint density at radius 3 is 3.00 bits per heavy atom. The first-order valence-electron chi connectivity index (χ1n) is 7.28. The lowest BCUT2D eigenvalue weighted by Gasteiger charge is -2.25. The zero-order chi connectivity index (χ0) is 15.3. The molecule has 110 valence electrons. The number of anilines is 1. The van der Waals surface area contributed by atoms with E-state index in [1.165, 1.54) is 0 Å². The molecular weight excluding hydrogens is 276 g/mol. The van der Waals surface area contributed by atoms with Crippen molar-refractivity contribution in [3.05, 3.63) is 48.8 Å². The van der Waals surface area contributed by atoms with Gasteiger partial charge in [-0.1, -0.05) is 6.58 Å². The highest BCUT2D eigenvalue weighted by molar-refractivity contribution is 6.08. The van der Waals surface area contributed by atoms with Crippen molar-refractivity contribution < 1.29 is 4.79 Å². The molecule has 5 heteroatoms. The van der Waals surface area contributed by atoms with Crippen LogP contribution in [0.1, 0.15) is 18.9 Å². The molecule has 4 rings (SSSR count). The summed E-state index contributed by atoms with van der Waals surface area (Å²) in [4.78, 5) is 16.9. The summed E-state index contributed by atoms with van der Waals surface area (Å²) in [6.45, 7) is 3.84. The van der Waals surface area contributed by atoms with Crippen LogP contribution in [0.2, 0.25) is 0 Å². The van der Waals surface area contributed by atoms with Crippen LogP contribution in [0.4, 0.5) is 5.69 Å². The van der Waals surface area contributed by atoms with Crippen molar-refractivity contribution in [1.29, 1.82) is 0 Å². The zero-order valence-electron chi connectivity index (χ0n) is 12.0. The minimum atomic E-state index is -0.274. The van der Waals surface area contributed by atoms with E-state index in [1.54, 1.807) is 6.20 Å². The minimum Gasteiger partial charge on any atom is -0.399 e. The summed E-state index contributed by atoms with van der Waals surface area (Å²) in [6, 6.07) is 9.40. The number of nitrogens with one attached hydrogen (secondary N) is 1. The Morgan fingerprint density at radius 2 is 2.18 bits per heavy atom. The number of hydrogen-bond donors (Lipinski definition) is 2. The van der Waals surface area contributed by atoms with E-state index in [1.807, 2.05) is 34.9 Å². The largest absolute Gasteiger partial charge is 0.399 e. The van der Waals surface area contributed by atoms with Gasteiger partial charge in [-0.3, -0.25) is 4.79 Å². The number of aromatic nitrogens is 2. The van der Waals surface area contributed by atoms with Gasteiger partial charge in [-0.05, 0) is 43.2 Å². The van der Waals surface area contributed by atoms with Gasteiger partial charge in [0.25, 0.3) is 0 Å². The summed E-state index contributed by atoms with van der Waals surface area (Å²) in [5.74, 6) is -0.0301. The van der Waals surface area contributed by atoms with Gasteiger partial charge in [0.15, 0.2) is 0 Å². The first kappa shape index (κ1) is 12.9. The van der Waals surface area contributed by atoms with Crippen molar-refractivity contribution in [2.24, 2.45) is 0 Å². The Hall–Kier alpha value is -2.82. The van der Waals surface area contributed by atoms with E-state index in [9.17, 15) is 4.79 Å². The van der Waals surface area contributed by atoms with Crippen molar-refractivity contribution in [2.45, 2.75) is 18.9 Å². The van der Waals surface area contributed by atoms with Gasteiger partial charge in [0.1, 0.15) is 11.7 Å². The number of piperidine rings is 1. The standard InChI is InChI=1S/C17H16N4O/c1-10-4-6-15(17(22)20-10)21-14-7-5-11(18)9-13(14)12-3-2-8-19-16(12)21/h2-3,5,7-9,15H,1,4,6,18H2,(H,20,22). The number of allylic oxidation sites excluding steroid dienone is 1. The third-order valence-electron chi connectivity index (χ3n) is 4.22. The van der Waals surface area contributed by atoms with Crippen LogP contribution in [0.3, 0.4) is 0 Å². The van der Waals surface area contributed by atoms with E-state index in [4.69, 9.17) is 5.73 Å². The number of amides is 1. The van der Waals surface area contributed by atoms with E-state index in [-0.39, 0.29) is 11.9 Å². The fourth-order valence-electron chi connectivity index (χ4n) is 3.22. The predicted octanol–water partition coefficient (Wildman–Crippen LogP) is 2.74. The third-order valence-corrected chi connectivity index (χ3v) is 4.22. The molecule has 1 amide bonds. The first-order chi connectivity index (χ1) is 10.6. The second-order valence-electron chi connectivity index (χ2n) is 5.67. The van der Waals surface area contributed by atoms with E-state index in [2.05, 4.69) is 16.9 Å². The fourth-order valence-corrected chi connectivity index (χ4v) is 3.22. The second kappa shape index (κ2) is 4.59. The number of nitrogens with two attached hydrogens (primary N) is 1. The monoisotopic (exact) mass is 292 g/mol. The molecule has 5 nitrogen and oxygen atoms in total. The SMILES string of the molecule is C=C1CCC(n2c3ccc(N)cc3c3cccnc32)C(=O)N1. The van der Waals surface area contributed by atoms with Crippen LogP contribution in [0.5, 0.6) is 0 Å². The Labute approximate surface area is 127 Å². The van der Waals surface area contributed by atoms with Crippen LogP contribution in [0.15, 0.2) is 48.8 Å². The molecule has 1 saturated heterocycles. The maximum atomic E-state index is 12.4. The van der Waals surface area contributed by atoms with Crippen LogP contribution < -0.4 is 11.1 Å². The molecule has 1 aromatic carbocycles. The van der Waals surface area contributed by atoms with Gasteiger partial charge in [0.2, 0.25) is 5.91 Å². The number of rotatable bonds is 1. The second-order valence-corrected chi connectivity index (χ2v) is 5.67. The van der Waals surface area contributed by atoms with Crippen LogP contribution >= 0.6 is 0 Å². The number of carbonyl (C=O) groups excluding carboxylic acids is 1. The predicted molar refractivity (Wildman–Crippen MR) is 87.2 cm³/mol. The van der Waals surface area contributed by atoms with Crippen LogP contribution in [0, 0.1) is 0 Å². The molecule has 1 aliphatic heterocycles. The molecular formula is C17H16N4O. The molecule has 1 aliphatic rings. The lowest BCUT2D eigenvalue weighted by Crippen LogP contribution is -2.36. The van der Waals surface area contributed by atoms with E-state index in [0.29, 0.717) is 5.69 Å². The molecule has 1 unspecified atom stereocenters. The maximum Gasteiger partial charge on any atom is 0.247 e. The van der Waals surface area contributed by atoms with E-state index >= 15 is 0 Å². The molecule has 0 saturated carbocycles. The van der Waals surface area contributed by atoms with Gasteiger partial charge >= 0.3 is 0 Å². The lowest BCUT2D eigenvalue weighted by molar-refractivity contribution is -0.124. The number of carbonyl (C=O) groups is 1. The van der Waals surface area contributed by atoms with Crippen molar-refractivity contribution in [3.63, 3.8) is 0 Å². The highest BCUT2D eigenvalue weighted by Gasteiger charge is 2.28. The molecule has 3 aromatic rings. The van der Waals surface area contributed by atoms with Gasteiger partial charge in [-0.25, -0.2) is 4.98 Å². The van der Waals surface area contributed by atoms with Crippen LogP contribution in [-0.4, -0.2) is 15.5 Å². The smallest absolute Gasteiger partial charge is 0.247 e. The number of nitrogen functional groups attached to an aromatic ring is 1. The molecule has 1 atom stereocenters. The van der Waals surface area contributed by atoms with Gasteiger partial charge in [-0.15, -0.1) is 0 Å². The average Bonchev–Trinajstić information content (AvgIpc) is 2.82.